The van der Waals surface area contributed by atoms with Gasteiger partial charge in [0.05, 0.1) is 6.10 Å². The van der Waals surface area contributed by atoms with Crippen LogP contribution in [0.3, 0.4) is 0 Å². The van der Waals surface area contributed by atoms with E-state index in [1.165, 1.54) is 6.92 Å². The highest BCUT2D eigenvalue weighted by molar-refractivity contribution is 5.95. The molecule has 2 rings (SSSR count). The van der Waals surface area contributed by atoms with Crippen LogP contribution in [0.5, 0.6) is 0 Å². The molecular formula is C18H18N2O2. The molecule has 4 heteroatoms. The topological polar surface area (TPSA) is 75.3 Å². The van der Waals surface area contributed by atoms with Gasteiger partial charge in [0.25, 0.3) is 0 Å². The molecule has 4 N–H and O–H groups in total. The van der Waals surface area contributed by atoms with Crippen molar-refractivity contribution in [3.8, 4) is 11.8 Å². The number of rotatable bonds is 3. The summed E-state index contributed by atoms with van der Waals surface area (Å²) in [5, 5.41) is 11.9. The number of aliphatic hydroxyl groups is 1. The summed E-state index contributed by atoms with van der Waals surface area (Å²) in [5.74, 6) is 5.70. The van der Waals surface area contributed by atoms with Crippen molar-refractivity contribution in [2.75, 3.05) is 5.32 Å². The van der Waals surface area contributed by atoms with Crippen LogP contribution in [-0.2, 0) is 4.79 Å². The van der Waals surface area contributed by atoms with Gasteiger partial charge in [-0.05, 0) is 43.3 Å². The zero-order valence-electron chi connectivity index (χ0n) is 12.3. The Hall–Kier alpha value is -2.61. The molecule has 0 unspecified atom stereocenters. The highest BCUT2D eigenvalue weighted by atomic mass is 16.3. The van der Waals surface area contributed by atoms with E-state index in [-0.39, 0.29) is 0 Å². The van der Waals surface area contributed by atoms with E-state index in [9.17, 15) is 9.90 Å². The average molecular weight is 294 g/mol. The molecule has 2 aromatic rings. The Balaban J connectivity index is 2.02. The summed E-state index contributed by atoms with van der Waals surface area (Å²) >= 11 is 0. The second kappa shape index (κ2) is 7.41. The lowest BCUT2D eigenvalue weighted by Gasteiger charge is -2.14. The molecule has 0 aliphatic rings. The molecule has 0 heterocycles. The van der Waals surface area contributed by atoms with Crippen molar-refractivity contribution in [2.45, 2.75) is 19.1 Å². The number of hydrogen-bond donors (Lipinski definition) is 3. The fourth-order valence-electron chi connectivity index (χ4n) is 1.75. The molecule has 1 amide bonds. The molecule has 0 saturated heterocycles. The summed E-state index contributed by atoms with van der Waals surface area (Å²) in [4.78, 5) is 11.7. The van der Waals surface area contributed by atoms with Gasteiger partial charge in [-0.25, -0.2) is 0 Å². The Morgan fingerprint density at radius 2 is 1.59 bits per heavy atom. The van der Waals surface area contributed by atoms with Gasteiger partial charge >= 0.3 is 0 Å². The number of anilines is 1. The maximum atomic E-state index is 11.7. The quantitative estimate of drug-likeness (QED) is 0.755. The number of nitrogens with two attached hydrogens (primary N) is 1. The largest absolute Gasteiger partial charge is 0.391 e. The van der Waals surface area contributed by atoms with Crippen molar-refractivity contribution in [1.82, 2.24) is 0 Å². The van der Waals surface area contributed by atoms with E-state index in [1.807, 2.05) is 42.5 Å². The van der Waals surface area contributed by atoms with Crippen molar-refractivity contribution < 1.29 is 9.90 Å². The minimum Gasteiger partial charge on any atom is -0.391 e. The average Bonchev–Trinajstić information content (AvgIpc) is 2.54. The van der Waals surface area contributed by atoms with Crippen LogP contribution in [0, 0.1) is 11.8 Å². The van der Waals surface area contributed by atoms with E-state index in [0.717, 1.165) is 11.1 Å². The third-order valence-corrected chi connectivity index (χ3v) is 3.10. The van der Waals surface area contributed by atoms with Crippen LogP contribution in [0.1, 0.15) is 18.1 Å². The Labute approximate surface area is 130 Å². The van der Waals surface area contributed by atoms with E-state index in [1.54, 1.807) is 12.1 Å². The van der Waals surface area contributed by atoms with E-state index < -0.39 is 18.1 Å². The number of aliphatic hydroxyl groups excluding tert-OH is 1. The maximum Gasteiger partial charge on any atom is 0.243 e. The zero-order valence-corrected chi connectivity index (χ0v) is 12.3. The van der Waals surface area contributed by atoms with Crippen molar-refractivity contribution in [3.05, 3.63) is 65.7 Å². The Morgan fingerprint density at radius 3 is 2.14 bits per heavy atom. The molecular weight excluding hydrogens is 276 g/mol. The highest BCUT2D eigenvalue weighted by Crippen LogP contribution is 2.10. The van der Waals surface area contributed by atoms with Crippen LogP contribution >= 0.6 is 0 Å². The lowest BCUT2D eigenvalue weighted by molar-refractivity contribution is -0.119. The Bertz CT molecular complexity index is 683. The molecule has 0 bridgehead atoms. The normalized spacial score (nSPS) is 12.7. The Morgan fingerprint density at radius 1 is 1.05 bits per heavy atom. The van der Waals surface area contributed by atoms with Gasteiger partial charge in [-0.2, -0.15) is 0 Å². The van der Waals surface area contributed by atoms with Gasteiger partial charge in [0, 0.05) is 16.8 Å². The lowest BCUT2D eigenvalue weighted by Crippen LogP contribution is -2.43. The summed E-state index contributed by atoms with van der Waals surface area (Å²) in [5.41, 5.74) is 7.98. The lowest BCUT2D eigenvalue weighted by atomic mass is 10.1. The zero-order chi connectivity index (χ0) is 15.9. The molecule has 0 saturated carbocycles. The fraction of sp³-hybridized carbons (Fsp3) is 0.167. The monoisotopic (exact) mass is 294 g/mol. The van der Waals surface area contributed by atoms with Crippen molar-refractivity contribution in [1.29, 1.82) is 0 Å². The smallest absolute Gasteiger partial charge is 0.243 e. The first kappa shape index (κ1) is 15.8. The van der Waals surface area contributed by atoms with Crippen molar-refractivity contribution in [3.63, 3.8) is 0 Å². The number of benzene rings is 2. The number of nitrogens with one attached hydrogen (secondary N) is 1. The molecule has 0 aliphatic carbocycles. The minimum absolute atomic E-state index is 0.418. The standard InChI is InChI=1S/C18H18N2O2/c1-13(21)17(19)18(22)20-16-11-9-15(10-12-16)8-7-14-5-3-2-4-6-14/h2-6,9-13,17,21H,19H2,1H3,(H,20,22)/t13-,17+/m0/s1. The summed E-state index contributed by atoms with van der Waals surface area (Å²) in [6, 6.07) is 15.9. The maximum absolute atomic E-state index is 11.7. The van der Waals surface area contributed by atoms with Crippen LogP contribution in [0.4, 0.5) is 5.69 Å². The predicted molar refractivity (Wildman–Crippen MR) is 87.1 cm³/mol. The molecule has 2 aromatic carbocycles. The third-order valence-electron chi connectivity index (χ3n) is 3.10. The van der Waals surface area contributed by atoms with Crippen LogP contribution in [0.15, 0.2) is 54.6 Å². The summed E-state index contributed by atoms with van der Waals surface area (Å²) in [7, 11) is 0. The number of hydrogen-bond acceptors (Lipinski definition) is 3. The van der Waals surface area contributed by atoms with Gasteiger partial charge in [-0.15, -0.1) is 0 Å². The van der Waals surface area contributed by atoms with Gasteiger partial charge in [0.15, 0.2) is 0 Å². The number of amides is 1. The first-order chi connectivity index (χ1) is 10.6. The van der Waals surface area contributed by atoms with Crippen molar-refractivity contribution >= 4 is 11.6 Å². The molecule has 0 aromatic heterocycles. The molecule has 0 aliphatic heterocycles. The van der Waals surface area contributed by atoms with Gasteiger partial charge in [0.2, 0.25) is 5.91 Å². The fourth-order valence-corrected chi connectivity index (χ4v) is 1.75. The molecule has 112 valence electrons. The summed E-state index contributed by atoms with van der Waals surface area (Å²) in [6.07, 6.45) is -0.893. The van der Waals surface area contributed by atoms with E-state index in [4.69, 9.17) is 5.73 Å². The van der Waals surface area contributed by atoms with Gasteiger partial charge in [0.1, 0.15) is 6.04 Å². The van der Waals surface area contributed by atoms with Gasteiger partial charge in [-0.3, -0.25) is 4.79 Å². The summed E-state index contributed by atoms with van der Waals surface area (Å²) in [6.45, 7) is 1.48. The molecule has 2 atom stereocenters. The third kappa shape index (κ3) is 4.45. The number of carbonyl (C=O) groups is 1. The van der Waals surface area contributed by atoms with E-state index >= 15 is 0 Å². The first-order valence-electron chi connectivity index (χ1n) is 6.98. The van der Waals surface area contributed by atoms with Gasteiger partial charge in [-0.1, -0.05) is 30.0 Å². The van der Waals surface area contributed by atoms with Crippen LogP contribution in [0.2, 0.25) is 0 Å². The molecule has 0 spiro atoms. The molecule has 4 nitrogen and oxygen atoms in total. The summed E-state index contributed by atoms with van der Waals surface area (Å²) < 4.78 is 0. The van der Waals surface area contributed by atoms with Gasteiger partial charge < -0.3 is 16.2 Å². The second-order valence-electron chi connectivity index (χ2n) is 4.95. The van der Waals surface area contributed by atoms with E-state index in [0.29, 0.717) is 5.69 Å². The first-order valence-corrected chi connectivity index (χ1v) is 6.98. The predicted octanol–water partition coefficient (Wildman–Crippen LogP) is 1.73. The molecule has 22 heavy (non-hydrogen) atoms. The number of carbonyl (C=O) groups excluding carboxylic acids is 1. The molecule has 0 fully saturated rings. The highest BCUT2D eigenvalue weighted by Gasteiger charge is 2.18. The Kier molecular flexibility index (Phi) is 5.31. The second-order valence-corrected chi connectivity index (χ2v) is 4.95. The van der Waals surface area contributed by atoms with Crippen LogP contribution < -0.4 is 11.1 Å². The minimum atomic E-state index is -0.947. The van der Waals surface area contributed by atoms with Crippen LogP contribution in [0.25, 0.3) is 0 Å². The van der Waals surface area contributed by atoms with Crippen molar-refractivity contribution in [2.24, 2.45) is 5.73 Å². The van der Waals surface area contributed by atoms with Crippen LogP contribution in [-0.4, -0.2) is 23.2 Å². The SMILES string of the molecule is C[C@H](O)[C@@H](N)C(=O)Nc1ccc(C#Cc2ccccc2)cc1. The molecule has 0 radical (unpaired) electrons. The van der Waals surface area contributed by atoms with E-state index in [2.05, 4.69) is 17.2 Å².